The highest BCUT2D eigenvalue weighted by molar-refractivity contribution is 8.13. The number of anilines is 1. The highest BCUT2D eigenvalue weighted by atomic mass is 32.2. The largest absolute Gasteiger partial charge is 0.405 e. The topological polar surface area (TPSA) is 224 Å². The van der Waals surface area contributed by atoms with Crippen molar-refractivity contribution in [3.63, 3.8) is 0 Å². The van der Waals surface area contributed by atoms with Crippen molar-refractivity contribution in [3.05, 3.63) is 52.6 Å². The number of hydrogen-bond donors (Lipinski definition) is 6. The number of carbonyl (C=O) groups excluding carboxylic acids is 1. The molecular formula is C26H39N6O9PS. The van der Waals surface area contributed by atoms with Gasteiger partial charge in [-0.2, -0.15) is 4.98 Å². The van der Waals surface area contributed by atoms with Crippen molar-refractivity contribution in [2.24, 2.45) is 5.41 Å². The first-order valence-corrected chi connectivity index (χ1v) is 15.5. The molecule has 1 aliphatic heterocycles. The Morgan fingerprint density at radius 1 is 1.33 bits per heavy atom. The van der Waals surface area contributed by atoms with Gasteiger partial charge in [-0.05, 0) is 26.3 Å². The van der Waals surface area contributed by atoms with Gasteiger partial charge < -0.3 is 25.8 Å². The fourth-order valence-corrected chi connectivity index (χ4v) is 6.37. The zero-order valence-corrected chi connectivity index (χ0v) is 25.0. The van der Waals surface area contributed by atoms with Crippen LogP contribution in [0.25, 0.3) is 11.2 Å². The van der Waals surface area contributed by atoms with Gasteiger partial charge in [0.15, 0.2) is 22.5 Å². The molecule has 7 N–H and O–H groups in total. The maximum absolute atomic E-state index is 13.7. The number of nitrogens with two attached hydrogens (primary N) is 1. The van der Waals surface area contributed by atoms with Gasteiger partial charge in [0.1, 0.15) is 17.8 Å². The van der Waals surface area contributed by atoms with Crippen molar-refractivity contribution in [2.75, 3.05) is 31.3 Å². The van der Waals surface area contributed by atoms with Crippen molar-refractivity contribution in [1.29, 1.82) is 0 Å². The third kappa shape index (κ3) is 7.90. The Labute approximate surface area is 252 Å². The number of nitrogens with one attached hydrogen (secondary N) is 2. The number of carbonyl (C=O) groups is 1. The molecule has 238 valence electrons. The molecule has 0 bridgehead atoms. The van der Waals surface area contributed by atoms with E-state index in [9.17, 15) is 29.5 Å². The molecule has 0 radical (unpaired) electrons. The number of ether oxygens (including phenoxy) is 1. The molecule has 1 fully saturated rings. The van der Waals surface area contributed by atoms with Crippen molar-refractivity contribution in [3.8, 4) is 0 Å². The van der Waals surface area contributed by atoms with Crippen molar-refractivity contribution >= 4 is 41.7 Å². The standard InChI is InChI=1S/C25H35N6O9PS.CH4/c1-24(2,13-32)22(35)42-10-9-38-41(37,28-11-15-7-5-4-6-8-15)39-12-16-18(33)25(3,36)21(40-16)31-14-27-17-19(31)29-23(26)30-20(17)34;/h4-8,14,16,18,21,32-33,36H,9-13H2,1-3H3,(H,28,37)(H3,26,29,30,34);1H4/t16?,18-,21-,25-,41?;/m1./s1. The van der Waals surface area contributed by atoms with Crippen molar-refractivity contribution in [2.45, 2.75) is 58.8 Å². The average Bonchev–Trinajstić information content (AvgIpc) is 3.47. The monoisotopic (exact) mass is 642 g/mol. The maximum atomic E-state index is 13.7. The van der Waals surface area contributed by atoms with Crippen LogP contribution in [0.5, 0.6) is 0 Å². The minimum atomic E-state index is -4.04. The molecule has 15 nitrogen and oxygen atoms in total. The lowest BCUT2D eigenvalue weighted by Gasteiger charge is -2.27. The molecule has 1 aromatic carbocycles. The molecule has 0 saturated carbocycles. The summed E-state index contributed by atoms with van der Waals surface area (Å²) in [6.07, 6.45) is -2.72. The number of hydrogen-bond acceptors (Lipinski definition) is 13. The number of aromatic amines is 1. The van der Waals surface area contributed by atoms with Crippen molar-refractivity contribution in [1.82, 2.24) is 24.6 Å². The minimum Gasteiger partial charge on any atom is -0.395 e. The third-order valence-electron chi connectivity index (χ3n) is 6.71. The van der Waals surface area contributed by atoms with Gasteiger partial charge in [0.05, 0.1) is 31.6 Å². The maximum Gasteiger partial charge on any atom is 0.405 e. The molecule has 4 rings (SSSR count). The van der Waals surface area contributed by atoms with E-state index in [1.165, 1.54) is 17.8 Å². The summed E-state index contributed by atoms with van der Waals surface area (Å²) in [5, 5.41) is 34.0. The Bertz CT molecular complexity index is 1500. The number of benzene rings is 1. The van der Waals surface area contributed by atoms with Gasteiger partial charge in [0, 0.05) is 12.3 Å². The van der Waals surface area contributed by atoms with Crippen LogP contribution in [0.4, 0.5) is 5.95 Å². The van der Waals surface area contributed by atoms with Crippen molar-refractivity contribution < 1.29 is 38.5 Å². The molecule has 1 aliphatic rings. The summed E-state index contributed by atoms with van der Waals surface area (Å²) in [5.41, 5.74) is 3.04. The number of fused-ring (bicyclic) bond motifs is 1. The number of rotatable bonds is 13. The van der Waals surface area contributed by atoms with E-state index in [0.717, 1.165) is 17.3 Å². The summed E-state index contributed by atoms with van der Waals surface area (Å²) in [4.78, 5) is 34.9. The SMILES string of the molecule is C.CC(C)(CO)C(=O)SCCOP(=O)(NCc1ccccc1)OCC1O[C@@H](n2cnc3c(=O)[nH]c(N)nc32)[C@](C)(O)[C@@H]1O. The van der Waals surface area contributed by atoms with E-state index in [-0.39, 0.29) is 55.2 Å². The van der Waals surface area contributed by atoms with Crippen LogP contribution in [-0.4, -0.2) is 83.3 Å². The number of imidazole rings is 1. The summed E-state index contributed by atoms with van der Waals surface area (Å²) in [6, 6.07) is 9.10. The van der Waals surface area contributed by atoms with Crippen LogP contribution in [-0.2, 0) is 29.7 Å². The number of nitrogen functional groups attached to an aromatic ring is 1. The van der Waals surface area contributed by atoms with E-state index in [1.54, 1.807) is 13.8 Å². The summed E-state index contributed by atoms with van der Waals surface area (Å²) >= 11 is 0.934. The molecule has 0 spiro atoms. The second kappa shape index (κ2) is 14.0. The molecule has 0 amide bonds. The second-order valence-corrected chi connectivity index (χ2v) is 13.5. The molecule has 17 heteroatoms. The Kier molecular flexibility index (Phi) is 11.3. The van der Waals surface area contributed by atoms with E-state index in [2.05, 4.69) is 20.0 Å². The summed E-state index contributed by atoms with van der Waals surface area (Å²) in [7, 11) is -4.04. The van der Waals surface area contributed by atoms with Gasteiger partial charge in [-0.3, -0.25) is 28.2 Å². The van der Waals surface area contributed by atoms with Gasteiger partial charge in [0.25, 0.3) is 5.56 Å². The van der Waals surface area contributed by atoms with E-state index in [4.69, 9.17) is 19.5 Å². The van der Waals surface area contributed by atoms with E-state index < -0.39 is 49.4 Å². The number of thioether (sulfide) groups is 1. The van der Waals surface area contributed by atoms with Crippen LogP contribution in [0, 0.1) is 5.41 Å². The Balaban J connectivity index is 0.00000506. The molecule has 43 heavy (non-hydrogen) atoms. The second-order valence-electron chi connectivity index (χ2n) is 10.6. The molecule has 0 aliphatic carbocycles. The molecule has 3 aromatic rings. The number of H-pyrrole nitrogens is 1. The van der Waals surface area contributed by atoms with E-state index in [1.807, 2.05) is 30.3 Å². The van der Waals surface area contributed by atoms with Gasteiger partial charge in [0.2, 0.25) is 5.95 Å². The molecule has 1 saturated heterocycles. The predicted molar refractivity (Wildman–Crippen MR) is 161 cm³/mol. The lowest BCUT2D eigenvalue weighted by atomic mass is 9.96. The van der Waals surface area contributed by atoms with Crippen LogP contribution in [0.3, 0.4) is 0 Å². The van der Waals surface area contributed by atoms with Gasteiger partial charge in [-0.15, -0.1) is 0 Å². The molecule has 3 heterocycles. The Hall–Kier alpha value is -2.66. The Morgan fingerprint density at radius 3 is 2.70 bits per heavy atom. The first-order valence-electron chi connectivity index (χ1n) is 13.0. The summed E-state index contributed by atoms with van der Waals surface area (Å²) in [5.74, 6) is -0.0278. The lowest BCUT2D eigenvalue weighted by molar-refractivity contribution is -0.119. The smallest absolute Gasteiger partial charge is 0.395 e. The normalized spacial score (nSPS) is 23.6. The zero-order valence-electron chi connectivity index (χ0n) is 23.3. The number of aromatic nitrogens is 4. The average molecular weight is 643 g/mol. The lowest BCUT2D eigenvalue weighted by Crippen LogP contribution is -2.44. The first-order chi connectivity index (χ1) is 19.8. The first kappa shape index (κ1) is 34.8. The summed E-state index contributed by atoms with van der Waals surface area (Å²) < 4.78 is 32.1. The predicted octanol–water partition coefficient (Wildman–Crippen LogP) is 1.56. The Morgan fingerprint density at radius 2 is 2.02 bits per heavy atom. The van der Waals surface area contributed by atoms with Crippen LogP contribution < -0.4 is 16.4 Å². The van der Waals surface area contributed by atoms with Crippen LogP contribution in [0.1, 0.15) is 40.0 Å². The highest BCUT2D eigenvalue weighted by Gasteiger charge is 2.54. The summed E-state index contributed by atoms with van der Waals surface area (Å²) in [6.45, 7) is 3.78. The van der Waals surface area contributed by atoms with Crippen LogP contribution in [0.2, 0.25) is 0 Å². The van der Waals surface area contributed by atoms with Crippen LogP contribution in [0.15, 0.2) is 41.5 Å². The van der Waals surface area contributed by atoms with E-state index in [0.29, 0.717) is 0 Å². The number of aliphatic hydroxyl groups is 3. The molecule has 5 atom stereocenters. The fourth-order valence-electron chi connectivity index (χ4n) is 4.13. The quantitative estimate of drug-likeness (QED) is 0.115. The third-order valence-corrected chi connectivity index (χ3v) is 9.45. The molecule has 2 aromatic heterocycles. The fraction of sp³-hybridized carbons (Fsp3) is 0.538. The molecule has 2 unspecified atom stereocenters. The number of nitrogens with zero attached hydrogens (tertiary/aromatic N) is 3. The zero-order chi connectivity index (χ0) is 30.7. The number of aliphatic hydroxyl groups excluding tert-OH is 2. The minimum absolute atomic E-state index is 0. The van der Waals surface area contributed by atoms with E-state index >= 15 is 0 Å². The van der Waals surface area contributed by atoms with Gasteiger partial charge in [-0.25, -0.2) is 14.6 Å². The van der Waals surface area contributed by atoms with Gasteiger partial charge >= 0.3 is 7.75 Å². The molecular weight excluding hydrogens is 603 g/mol. The highest BCUT2D eigenvalue weighted by Crippen LogP contribution is 2.46. The van der Waals surface area contributed by atoms with Crippen LogP contribution >= 0.6 is 19.5 Å². The van der Waals surface area contributed by atoms with Gasteiger partial charge in [-0.1, -0.05) is 49.5 Å².